The second-order valence-electron chi connectivity index (χ2n) is 5.89. The topological polar surface area (TPSA) is 78.9 Å². The molecule has 0 fully saturated rings. The lowest BCUT2D eigenvalue weighted by Gasteiger charge is -2.18. The average Bonchev–Trinajstić information content (AvgIpc) is 2.55. The molecule has 0 spiro atoms. The summed E-state index contributed by atoms with van der Waals surface area (Å²) < 4.78 is 5.85. The van der Waals surface area contributed by atoms with E-state index in [9.17, 15) is 9.59 Å². The molecule has 24 heavy (non-hydrogen) atoms. The van der Waals surface area contributed by atoms with Gasteiger partial charge in [-0.2, -0.15) is 0 Å². The van der Waals surface area contributed by atoms with E-state index in [1.807, 2.05) is 25.1 Å². The zero-order chi connectivity index (χ0) is 17.9. The molecule has 0 aliphatic rings. The summed E-state index contributed by atoms with van der Waals surface area (Å²) >= 11 is 0. The van der Waals surface area contributed by atoms with Gasteiger partial charge in [-0.1, -0.05) is 31.9 Å². The molecule has 1 aromatic rings. The van der Waals surface area contributed by atoms with E-state index >= 15 is 0 Å². The van der Waals surface area contributed by atoms with E-state index in [0.717, 1.165) is 36.1 Å². The third kappa shape index (κ3) is 7.35. The smallest absolute Gasteiger partial charge is 0.317 e. The Morgan fingerprint density at radius 1 is 1.29 bits per heavy atom. The number of nitrogens with zero attached hydrogens (tertiary/aromatic N) is 1. The minimum atomic E-state index is -0.920. The predicted molar refractivity (Wildman–Crippen MR) is 93.3 cm³/mol. The number of aryl methyl sites for hydroxylation is 1. The highest BCUT2D eigenvalue weighted by atomic mass is 16.5. The molecule has 0 radical (unpaired) electrons. The van der Waals surface area contributed by atoms with Crippen LogP contribution in [0.2, 0.25) is 0 Å². The molecule has 0 bridgehead atoms. The summed E-state index contributed by atoms with van der Waals surface area (Å²) in [5, 5.41) is 11.5. The first kappa shape index (κ1) is 19.8. The Labute approximate surface area is 143 Å². The number of nitrogens with one attached hydrogen (secondary N) is 1. The molecule has 0 atom stereocenters. The van der Waals surface area contributed by atoms with Crippen molar-refractivity contribution >= 4 is 12.0 Å². The molecule has 0 heterocycles. The maximum Gasteiger partial charge on any atom is 0.317 e. The first-order chi connectivity index (χ1) is 11.4. The van der Waals surface area contributed by atoms with Gasteiger partial charge in [0.05, 0.1) is 13.0 Å². The number of rotatable bonds is 10. The number of hydrogen-bond acceptors (Lipinski definition) is 3. The van der Waals surface area contributed by atoms with Crippen LogP contribution < -0.4 is 10.1 Å². The average molecular weight is 336 g/mol. The summed E-state index contributed by atoms with van der Waals surface area (Å²) in [4.78, 5) is 23.9. The van der Waals surface area contributed by atoms with Crippen molar-refractivity contribution in [2.45, 2.75) is 46.1 Å². The summed E-state index contributed by atoms with van der Waals surface area (Å²) in [6, 6.07) is 5.60. The maximum atomic E-state index is 12.0. The fourth-order valence-corrected chi connectivity index (χ4v) is 2.15. The van der Waals surface area contributed by atoms with E-state index in [4.69, 9.17) is 9.84 Å². The highest BCUT2D eigenvalue weighted by Gasteiger charge is 2.11. The van der Waals surface area contributed by atoms with Crippen LogP contribution in [0.15, 0.2) is 18.2 Å². The second kappa shape index (κ2) is 10.5. The largest absolute Gasteiger partial charge is 0.493 e. The van der Waals surface area contributed by atoms with Crippen molar-refractivity contribution in [3.8, 4) is 5.75 Å². The van der Waals surface area contributed by atoms with Crippen LogP contribution in [0.1, 0.15) is 43.7 Å². The van der Waals surface area contributed by atoms with Crippen LogP contribution in [-0.4, -0.2) is 42.2 Å². The molecular weight excluding hydrogens is 308 g/mol. The van der Waals surface area contributed by atoms with Crippen molar-refractivity contribution < 1.29 is 19.4 Å². The molecule has 6 nitrogen and oxygen atoms in total. The fourth-order valence-electron chi connectivity index (χ4n) is 2.15. The molecule has 0 aliphatic heterocycles. The lowest BCUT2D eigenvalue weighted by molar-refractivity contribution is -0.137. The Hall–Kier alpha value is -2.24. The van der Waals surface area contributed by atoms with Gasteiger partial charge in [0.1, 0.15) is 5.75 Å². The van der Waals surface area contributed by atoms with Crippen molar-refractivity contribution in [3.63, 3.8) is 0 Å². The van der Waals surface area contributed by atoms with Gasteiger partial charge in [-0.15, -0.1) is 0 Å². The van der Waals surface area contributed by atoms with Crippen molar-refractivity contribution in [3.05, 3.63) is 29.3 Å². The third-order valence-electron chi connectivity index (χ3n) is 3.67. The standard InChI is InChI=1S/C18H28N2O4/c1-4-5-6-11-24-16-12-14(2)7-8-15(16)13-19-18(23)20(3)10-9-17(21)22/h7-8,12H,4-6,9-11,13H2,1-3H3,(H,19,23)(H,21,22). The number of unbranched alkanes of at least 4 members (excludes halogenated alkanes) is 2. The summed E-state index contributed by atoms with van der Waals surface area (Å²) in [5.41, 5.74) is 2.02. The molecule has 2 amide bonds. The number of carboxylic acid groups (broad SMARTS) is 1. The number of amides is 2. The van der Waals surface area contributed by atoms with Crippen LogP contribution in [0, 0.1) is 6.92 Å². The van der Waals surface area contributed by atoms with Gasteiger partial charge in [-0.25, -0.2) is 4.79 Å². The van der Waals surface area contributed by atoms with Crippen LogP contribution >= 0.6 is 0 Å². The van der Waals surface area contributed by atoms with Crippen LogP contribution in [-0.2, 0) is 11.3 Å². The van der Waals surface area contributed by atoms with Crippen molar-refractivity contribution in [1.82, 2.24) is 10.2 Å². The zero-order valence-corrected chi connectivity index (χ0v) is 14.8. The van der Waals surface area contributed by atoms with Crippen molar-refractivity contribution in [1.29, 1.82) is 0 Å². The maximum absolute atomic E-state index is 12.0. The molecule has 1 rings (SSSR count). The number of carboxylic acids is 1. The predicted octanol–water partition coefficient (Wildman–Crippen LogP) is 3.18. The van der Waals surface area contributed by atoms with E-state index in [2.05, 4.69) is 12.2 Å². The van der Waals surface area contributed by atoms with E-state index in [1.165, 1.54) is 4.90 Å². The van der Waals surface area contributed by atoms with Crippen LogP contribution in [0.25, 0.3) is 0 Å². The molecule has 0 saturated carbocycles. The lowest BCUT2D eigenvalue weighted by Crippen LogP contribution is -2.38. The van der Waals surface area contributed by atoms with Gasteiger partial charge >= 0.3 is 12.0 Å². The van der Waals surface area contributed by atoms with Gasteiger partial charge in [0, 0.05) is 25.7 Å². The molecule has 0 aliphatic carbocycles. The summed E-state index contributed by atoms with van der Waals surface area (Å²) in [5.74, 6) is -0.129. The fraction of sp³-hybridized carbons (Fsp3) is 0.556. The molecule has 1 aromatic carbocycles. The van der Waals surface area contributed by atoms with Gasteiger partial charge in [-0.05, 0) is 25.0 Å². The number of carbonyl (C=O) groups excluding carboxylic acids is 1. The van der Waals surface area contributed by atoms with Crippen LogP contribution in [0.3, 0.4) is 0 Å². The van der Waals surface area contributed by atoms with Gasteiger partial charge < -0.3 is 20.1 Å². The number of carbonyl (C=O) groups is 2. The number of hydrogen-bond donors (Lipinski definition) is 2. The van der Waals surface area contributed by atoms with E-state index in [1.54, 1.807) is 7.05 Å². The van der Waals surface area contributed by atoms with E-state index < -0.39 is 5.97 Å². The Kier molecular flexibility index (Phi) is 8.68. The quantitative estimate of drug-likeness (QED) is 0.643. The summed E-state index contributed by atoms with van der Waals surface area (Å²) in [6.07, 6.45) is 3.21. The first-order valence-corrected chi connectivity index (χ1v) is 8.37. The monoisotopic (exact) mass is 336 g/mol. The van der Waals surface area contributed by atoms with Crippen LogP contribution in [0.5, 0.6) is 5.75 Å². The van der Waals surface area contributed by atoms with E-state index in [0.29, 0.717) is 13.2 Å². The van der Waals surface area contributed by atoms with Crippen LogP contribution in [0.4, 0.5) is 4.79 Å². The third-order valence-corrected chi connectivity index (χ3v) is 3.67. The highest BCUT2D eigenvalue weighted by molar-refractivity contribution is 5.75. The Morgan fingerprint density at radius 3 is 2.71 bits per heavy atom. The van der Waals surface area contributed by atoms with Gasteiger partial charge in [0.25, 0.3) is 0 Å². The molecule has 134 valence electrons. The highest BCUT2D eigenvalue weighted by Crippen LogP contribution is 2.20. The molecule has 2 N–H and O–H groups in total. The lowest BCUT2D eigenvalue weighted by atomic mass is 10.1. The van der Waals surface area contributed by atoms with E-state index in [-0.39, 0.29) is 19.0 Å². The number of ether oxygens (including phenoxy) is 1. The van der Waals surface area contributed by atoms with Crippen molar-refractivity contribution in [2.75, 3.05) is 20.2 Å². The van der Waals surface area contributed by atoms with Gasteiger partial charge in [0.15, 0.2) is 0 Å². The molecule has 6 heteroatoms. The van der Waals surface area contributed by atoms with Crippen molar-refractivity contribution in [2.24, 2.45) is 0 Å². The number of aliphatic carboxylic acids is 1. The van der Waals surface area contributed by atoms with Gasteiger partial charge in [0.2, 0.25) is 0 Å². The normalized spacial score (nSPS) is 10.3. The summed E-state index contributed by atoms with van der Waals surface area (Å²) in [7, 11) is 1.58. The molecule has 0 unspecified atom stereocenters. The number of benzene rings is 1. The minimum absolute atomic E-state index is 0.0692. The van der Waals surface area contributed by atoms with Gasteiger partial charge in [-0.3, -0.25) is 4.79 Å². The molecule has 0 saturated heterocycles. The Morgan fingerprint density at radius 2 is 2.04 bits per heavy atom. The molecular formula is C18H28N2O4. The minimum Gasteiger partial charge on any atom is -0.493 e. The Balaban J connectivity index is 2.56. The summed E-state index contributed by atoms with van der Waals surface area (Å²) in [6.45, 7) is 5.33. The molecule has 0 aromatic heterocycles. The Bertz CT molecular complexity index is 546. The second-order valence-corrected chi connectivity index (χ2v) is 5.89. The SMILES string of the molecule is CCCCCOc1cc(C)ccc1CNC(=O)N(C)CCC(=O)O. The zero-order valence-electron chi connectivity index (χ0n) is 14.8. The number of urea groups is 1. The first-order valence-electron chi connectivity index (χ1n) is 8.37.